The highest BCUT2D eigenvalue weighted by atomic mass is 16.5. The molecule has 0 saturated heterocycles. The molecule has 4 rings (SSSR count). The SMILES string of the molecule is COc1ccc(C2Oc3ccccc3C(=O)N2Cc2ccccc2)cc1. The Bertz CT molecular complexity index is 906. The van der Waals surface area contributed by atoms with Gasteiger partial charge in [0.15, 0.2) is 0 Å². The smallest absolute Gasteiger partial charge is 0.261 e. The molecule has 0 spiro atoms. The van der Waals surface area contributed by atoms with Gasteiger partial charge in [-0.2, -0.15) is 0 Å². The molecule has 1 atom stereocenters. The van der Waals surface area contributed by atoms with Gasteiger partial charge in [-0.25, -0.2) is 0 Å². The number of hydrogen-bond acceptors (Lipinski definition) is 3. The van der Waals surface area contributed by atoms with E-state index in [0.717, 1.165) is 16.9 Å². The van der Waals surface area contributed by atoms with Gasteiger partial charge in [0.2, 0.25) is 6.23 Å². The summed E-state index contributed by atoms with van der Waals surface area (Å²) < 4.78 is 11.4. The van der Waals surface area contributed by atoms with Gasteiger partial charge >= 0.3 is 0 Å². The highest BCUT2D eigenvalue weighted by Crippen LogP contribution is 2.36. The quantitative estimate of drug-likeness (QED) is 0.702. The number of methoxy groups -OCH3 is 1. The fourth-order valence-electron chi connectivity index (χ4n) is 3.14. The van der Waals surface area contributed by atoms with Crippen LogP contribution in [-0.4, -0.2) is 17.9 Å². The maximum atomic E-state index is 13.1. The number of carbonyl (C=O) groups excluding carboxylic acids is 1. The van der Waals surface area contributed by atoms with E-state index in [0.29, 0.717) is 17.9 Å². The Balaban J connectivity index is 1.73. The number of carbonyl (C=O) groups is 1. The Kier molecular flexibility index (Phi) is 4.32. The van der Waals surface area contributed by atoms with Crippen LogP contribution in [0.2, 0.25) is 0 Å². The highest BCUT2D eigenvalue weighted by molar-refractivity contribution is 5.98. The predicted octanol–water partition coefficient (Wildman–Crippen LogP) is 4.43. The van der Waals surface area contributed by atoms with Crippen molar-refractivity contribution in [2.75, 3.05) is 7.11 Å². The molecular weight excluding hydrogens is 326 g/mol. The lowest BCUT2D eigenvalue weighted by atomic mass is 10.1. The average molecular weight is 345 g/mol. The summed E-state index contributed by atoms with van der Waals surface area (Å²) in [5.74, 6) is 1.35. The minimum Gasteiger partial charge on any atom is -0.497 e. The van der Waals surface area contributed by atoms with Crippen molar-refractivity contribution in [1.29, 1.82) is 0 Å². The number of hydrogen-bond donors (Lipinski definition) is 0. The van der Waals surface area contributed by atoms with Crippen molar-refractivity contribution >= 4 is 5.91 Å². The van der Waals surface area contributed by atoms with Gasteiger partial charge in [-0.15, -0.1) is 0 Å². The summed E-state index contributed by atoms with van der Waals surface area (Å²) in [5.41, 5.74) is 2.56. The normalized spacial score (nSPS) is 16.0. The molecule has 4 nitrogen and oxygen atoms in total. The minimum absolute atomic E-state index is 0.0310. The van der Waals surface area contributed by atoms with Crippen LogP contribution in [0.4, 0.5) is 0 Å². The maximum absolute atomic E-state index is 13.1. The van der Waals surface area contributed by atoms with E-state index in [9.17, 15) is 4.79 Å². The van der Waals surface area contributed by atoms with E-state index in [1.54, 1.807) is 18.1 Å². The summed E-state index contributed by atoms with van der Waals surface area (Å²) in [5, 5.41) is 0. The molecule has 1 amide bonds. The average Bonchev–Trinajstić information content (AvgIpc) is 2.71. The molecule has 1 heterocycles. The third-order valence-corrected chi connectivity index (χ3v) is 4.50. The number of benzene rings is 3. The van der Waals surface area contributed by atoms with Crippen LogP contribution in [0, 0.1) is 0 Å². The minimum atomic E-state index is -0.483. The first-order chi connectivity index (χ1) is 12.8. The van der Waals surface area contributed by atoms with Gasteiger partial charge in [-0.05, 0) is 42.0 Å². The molecule has 130 valence electrons. The Morgan fingerprint density at radius 3 is 2.35 bits per heavy atom. The van der Waals surface area contributed by atoms with Crippen molar-refractivity contribution in [3.05, 3.63) is 95.6 Å². The number of nitrogens with zero attached hydrogens (tertiary/aromatic N) is 1. The monoisotopic (exact) mass is 345 g/mol. The highest BCUT2D eigenvalue weighted by Gasteiger charge is 2.34. The van der Waals surface area contributed by atoms with Gasteiger partial charge in [0.25, 0.3) is 5.91 Å². The fourth-order valence-corrected chi connectivity index (χ4v) is 3.14. The first kappa shape index (κ1) is 16.2. The molecule has 26 heavy (non-hydrogen) atoms. The molecule has 3 aromatic carbocycles. The molecule has 0 aromatic heterocycles. The molecule has 0 N–H and O–H groups in total. The van der Waals surface area contributed by atoms with Crippen LogP contribution in [0.25, 0.3) is 0 Å². The van der Waals surface area contributed by atoms with Gasteiger partial charge in [0.05, 0.1) is 12.7 Å². The molecule has 0 aliphatic carbocycles. The lowest BCUT2D eigenvalue weighted by Gasteiger charge is -2.37. The van der Waals surface area contributed by atoms with E-state index in [2.05, 4.69) is 0 Å². The van der Waals surface area contributed by atoms with E-state index in [4.69, 9.17) is 9.47 Å². The third-order valence-electron chi connectivity index (χ3n) is 4.50. The molecule has 1 aliphatic rings. The second-order valence-corrected chi connectivity index (χ2v) is 6.16. The molecule has 1 unspecified atom stereocenters. The van der Waals surface area contributed by atoms with Crippen LogP contribution in [0.5, 0.6) is 11.5 Å². The molecular formula is C22H19NO3. The van der Waals surface area contributed by atoms with Gasteiger partial charge in [0, 0.05) is 12.1 Å². The molecule has 0 bridgehead atoms. The third kappa shape index (κ3) is 3.02. The van der Waals surface area contributed by atoms with Gasteiger partial charge in [0.1, 0.15) is 11.5 Å². The van der Waals surface area contributed by atoms with Crippen molar-refractivity contribution in [2.24, 2.45) is 0 Å². The number of amides is 1. The zero-order valence-corrected chi connectivity index (χ0v) is 14.5. The van der Waals surface area contributed by atoms with E-state index in [-0.39, 0.29) is 5.91 Å². The van der Waals surface area contributed by atoms with Crippen LogP contribution in [-0.2, 0) is 6.54 Å². The first-order valence-electron chi connectivity index (χ1n) is 8.51. The summed E-state index contributed by atoms with van der Waals surface area (Å²) in [6.07, 6.45) is -0.483. The van der Waals surface area contributed by atoms with Crippen molar-refractivity contribution in [2.45, 2.75) is 12.8 Å². The first-order valence-corrected chi connectivity index (χ1v) is 8.51. The zero-order chi connectivity index (χ0) is 17.9. The van der Waals surface area contributed by atoms with E-state index in [1.165, 1.54) is 0 Å². The zero-order valence-electron chi connectivity index (χ0n) is 14.5. The van der Waals surface area contributed by atoms with Crippen LogP contribution in [0.15, 0.2) is 78.9 Å². The Hall–Kier alpha value is -3.27. The molecule has 0 saturated carbocycles. The van der Waals surface area contributed by atoms with Crippen molar-refractivity contribution in [1.82, 2.24) is 4.90 Å². The predicted molar refractivity (Wildman–Crippen MR) is 99.1 cm³/mol. The number of rotatable bonds is 4. The summed E-state index contributed by atoms with van der Waals surface area (Å²) in [7, 11) is 1.63. The Morgan fingerprint density at radius 1 is 0.923 bits per heavy atom. The fraction of sp³-hybridized carbons (Fsp3) is 0.136. The molecule has 3 aromatic rings. The summed E-state index contributed by atoms with van der Waals surface area (Å²) in [6, 6.07) is 24.9. The lowest BCUT2D eigenvalue weighted by molar-refractivity contribution is 0.00471. The molecule has 0 radical (unpaired) electrons. The number of ether oxygens (including phenoxy) is 2. The molecule has 1 aliphatic heterocycles. The topological polar surface area (TPSA) is 38.8 Å². The van der Waals surface area contributed by atoms with Crippen LogP contribution < -0.4 is 9.47 Å². The Labute approximate surface area is 152 Å². The second kappa shape index (κ2) is 6.92. The largest absolute Gasteiger partial charge is 0.497 e. The van der Waals surface area contributed by atoms with Crippen LogP contribution in [0.1, 0.15) is 27.7 Å². The maximum Gasteiger partial charge on any atom is 0.261 e. The van der Waals surface area contributed by atoms with Crippen molar-refractivity contribution in [3.8, 4) is 11.5 Å². The number of fused-ring (bicyclic) bond motifs is 1. The van der Waals surface area contributed by atoms with E-state index in [1.807, 2.05) is 72.8 Å². The van der Waals surface area contributed by atoms with E-state index < -0.39 is 6.23 Å². The van der Waals surface area contributed by atoms with Crippen molar-refractivity contribution in [3.63, 3.8) is 0 Å². The second-order valence-electron chi connectivity index (χ2n) is 6.16. The van der Waals surface area contributed by atoms with Gasteiger partial charge in [-0.1, -0.05) is 42.5 Å². The van der Waals surface area contributed by atoms with Gasteiger partial charge < -0.3 is 9.47 Å². The molecule has 4 heteroatoms. The summed E-state index contributed by atoms with van der Waals surface area (Å²) in [6.45, 7) is 0.477. The standard InChI is InChI=1S/C22H19NO3/c1-25-18-13-11-17(12-14-18)22-23(15-16-7-3-2-4-8-16)21(24)19-9-5-6-10-20(19)26-22/h2-14,22H,15H2,1H3. The van der Waals surface area contributed by atoms with Crippen LogP contribution in [0.3, 0.4) is 0 Å². The lowest BCUT2D eigenvalue weighted by Crippen LogP contribution is -2.41. The van der Waals surface area contributed by atoms with Crippen LogP contribution >= 0.6 is 0 Å². The van der Waals surface area contributed by atoms with Gasteiger partial charge in [-0.3, -0.25) is 9.69 Å². The number of para-hydroxylation sites is 1. The summed E-state index contributed by atoms with van der Waals surface area (Å²) >= 11 is 0. The van der Waals surface area contributed by atoms with Crippen molar-refractivity contribution < 1.29 is 14.3 Å². The Morgan fingerprint density at radius 2 is 1.62 bits per heavy atom. The molecule has 0 fully saturated rings. The van der Waals surface area contributed by atoms with E-state index >= 15 is 0 Å². The summed E-state index contributed by atoms with van der Waals surface area (Å²) in [4.78, 5) is 14.9.